The van der Waals surface area contributed by atoms with Crippen molar-refractivity contribution in [1.29, 1.82) is 0 Å². The van der Waals surface area contributed by atoms with Crippen molar-refractivity contribution in [1.82, 2.24) is 9.80 Å². The molecule has 130 valence electrons. The van der Waals surface area contributed by atoms with Crippen LogP contribution in [0, 0.1) is 11.6 Å². The lowest BCUT2D eigenvalue weighted by atomic mass is 10.0. The standard InChI is InChI=1S/C19H19F2N3O/c1-23(2)19(25)24-11-13(16-10-14(20)6-7-17(16)21)9-18(24)12-4-3-5-15(22)8-12/h3-10,18H,11,22H2,1-2H3. The molecule has 0 aromatic heterocycles. The number of anilines is 1. The van der Waals surface area contributed by atoms with Crippen molar-refractivity contribution in [2.45, 2.75) is 6.04 Å². The molecule has 2 aromatic carbocycles. The minimum absolute atomic E-state index is 0.169. The third kappa shape index (κ3) is 3.33. The van der Waals surface area contributed by atoms with Crippen molar-refractivity contribution in [2.24, 2.45) is 0 Å². The average Bonchev–Trinajstić information content (AvgIpc) is 3.01. The van der Waals surface area contributed by atoms with E-state index in [1.165, 1.54) is 4.90 Å². The second-order valence-corrected chi connectivity index (χ2v) is 6.24. The predicted molar refractivity (Wildman–Crippen MR) is 93.7 cm³/mol. The van der Waals surface area contributed by atoms with Crippen LogP contribution in [0.25, 0.3) is 5.57 Å². The predicted octanol–water partition coefficient (Wildman–Crippen LogP) is 3.67. The van der Waals surface area contributed by atoms with E-state index in [0.29, 0.717) is 11.3 Å². The first-order valence-electron chi connectivity index (χ1n) is 7.86. The van der Waals surface area contributed by atoms with Gasteiger partial charge in [-0.2, -0.15) is 0 Å². The Hall–Kier alpha value is -2.89. The molecule has 0 radical (unpaired) electrons. The van der Waals surface area contributed by atoms with Crippen molar-refractivity contribution < 1.29 is 13.6 Å². The van der Waals surface area contributed by atoms with Crippen LogP contribution in [0.3, 0.4) is 0 Å². The molecule has 0 saturated carbocycles. The van der Waals surface area contributed by atoms with Gasteiger partial charge in [0, 0.05) is 31.9 Å². The molecule has 4 nitrogen and oxygen atoms in total. The number of rotatable bonds is 2. The molecule has 25 heavy (non-hydrogen) atoms. The first kappa shape index (κ1) is 17.0. The monoisotopic (exact) mass is 343 g/mol. The van der Waals surface area contributed by atoms with Crippen LogP contribution in [0.2, 0.25) is 0 Å². The Balaban J connectivity index is 2.05. The van der Waals surface area contributed by atoms with Crippen LogP contribution in [-0.2, 0) is 0 Å². The normalized spacial score (nSPS) is 16.7. The zero-order valence-electron chi connectivity index (χ0n) is 14.0. The van der Waals surface area contributed by atoms with E-state index in [4.69, 9.17) is 5.73 Å². The van der Waals surface area contributed by atoms with Crippen LogP contribution in [0.1, 0.15) is 17.2 Å². The van der Waals surface area contributed by atoms with Crippen molar-refractivity contribution >= 4 is 17.3 Å². The summed E-state index contributed by atoms with van der Waals surface area (Å²) >= 11 is 0. The van der Waals surface area contributed by atoms with Gasteiger partial charge in [-0.15, -0.1) is 0 Å². The zero-order valence-corrected chi connectivity index (χ0v) is 14.0. The minimum Gasteiger partial charge on any atom is -0.399 e. The van der Waals surface area contributed by atoms with E-state index in [9.17, 15) is 13.6 Å². The molecular weight excluding hydrogens is 324 g/mol. The second-order valence-electron chi connectivity index (χ2n) is 6.24. The molecule has 2 amide bonds. The zero-order chi connectivity index (χ0) is 18.1. The smallest absolute Gasteiger partial charge is 0.320 e. The molecule has 3 rings (SSSR count). The first-order valence-corrected chi connectivity index (χ1v) is 7.86. The molecule has 6 heteroatoms. The van der Waals surface area contributed by atoms with E-state index in [1.54, 1.807) is 43.3 Å². The third-order valence-corrected chi connectivity index (χ3v) is 4.19. The topological polar surface area (TPSA) is 49.6 Å². The molecule has 0 spiro atoms. The van der Waals surface area contributed by atoms with Crippen LogP contribution in [0.4, 0.5) is 19.3 Å². The summed E-state index contributed by atoms with van der Waals surface area (Å²) in [5, 5.41) is 0. The number of hydrogen-bond donors (Lipinski definition) is 1. The number of hydrogen-bond acceptors (Lipinski definition) is 2. The average molecular weight is 343 g/mol. The summed E-state index contributed by atoms with van der Waals surface area (Å²) < 4.78 is 27.7. The van der Waals surface area contributed by atoms with Crippen LogP contribution >= 0.6 is 0 Å². The highest BCUT2D eigenvalue weighted by atomic mass is 19.1. The quantitative estimate of drug-likeness (QED) is 0.846. The first-order chi connectivity index (χ1) is 11.9. The van der Waals surface area contributed by atoms with Gasteiger partial charge in [0.05, 0.1) is 6.04 Å². The molecule has 2 N–H and O–H groups in total. The van der Waals surface area contributed by atoms with Gasteiger partial charge in [0.2, 0.25) is 0 Å². The maximum absolute atomic E-state index is 14.2. The Morgan fingerprint density at radius 1 is 1.20 bits per heavy atom. The molecule has 0 aliphatic carbocycles. The Kier molecular flexibility index (Phi) is 4.44. The fraction of sp³-hybridized carbons (Fsp3) is 0.211. The van der Waals surface area contributed by atoms with Crippen molar-refractivity contribution in [3.05, 3.63) is 71.3 Å². The van der Waals surface area contributed by atoms with Crippen LogP contribution < -0.4 is 5.73 Å². The molecule has 0 fully saturated rings. The van der Waals surface area contributed by atoms with Gasteiger partial charge in [-0.05, 0) is 41.5 Å². The van der Waals surface area contributed by atoms with Crippen LogP contribution in [0.5, 0.6) is 0 Å². The molecule has 0 saturated heterocycles. The summed E-state index contributed by atoms with van der Waals surface area (Å²) in [5.74, 6) is -1.03. The van der Waals surface area contributed by atoms with Gasteiger partial charge in [-0.3, -0.25) is 0 Å². The van der Waals surface area contributed by atoms with E-state index >= 15 is 0 Å². The Labute approximate surface area is 145 Å². The number of carbonyl (C=O) groups is 1. The molecule has 1 atom stereocenters. The minimum atomic E-state index is -0.518. The van der Waals surface area contributed by atoms with Crippen LogP contribution in [0.15, 0.2) is 48.5 Å². The van der Waals surface area contributed by atoms with Gasteiger partial charge in [0.15, 0.2) is 0 Å². The lowest BCUT2D eigenvalue weighted by molar-refractivity contribution is 0.170. The van der Waals surface area contributed by atoms with E-state index in [0.717, 1.165) is 23.8 Å². The summed E-state index contributed by atoms with van der Waals surface area (Å²) in [7, 11) is 3.30. The summed E-state index contributed by atoms with van der Waals surface area (Å²) in [5.41, 5.74) is 7.99. The van der Waals surface area contributed by atoms with Crippen LogP contribution in [-0.4, -0.2) is 36.5 Å². The number of nitrogens with zero attached hydrogens (tertiary/aromatic N) is 2. The summed E-state index contributed by atoms with van der Waals surface area (Å²) in [6.07, 6.45) is 1.79. The number of nitrogen functional groups attached to an aromatic ring is 1. The molecule has 1 heterocycles. The highest BCUT2D eigenvalue weighted by Gasteiger charge is 2.32. The number of halogens is 2. The van der Waals surface area contributed by atoms with Gasteiger partial charge in [0.1, 0.15) is 11.6 Å². The molecule has 1 aliphatic rings. The third-order valence-electron chi connectivity index (χ3n) is 4.19. The maximum atomic E-state index is 14.2. The Morgan fingerprint density at radius 2 is 1.96 bits per heavy atom. The molecule has 2 aromatic rings. The Morgan fingerprint density at radius 3 is 2.64 bits per heavy atom. The maximum Gasteiger partial charge on any atom is 0.320 e. The molecular formula is C19H19F2N3O. The fourth-order valence-electron chi connectivity index (χ4n) is 3.00. The van der Waals surface area contributed by atoms with Crippen molar-refractivity contribution in [3.8, 4) is 0 Å². The number of amides is 2. The van der Waals surface area contributed by atoms with E-state index in [1.807, 2.05) is 6.07 Å². The fourth-order valence-corrected chi connectivity index (χ4v) is 3.00. The number of carbonyl (C=O) groups excluding carboxylic acids is 1. The van der Waals surface area contributed by atoms with Crippen molar-refractivity contribution in [3.63, 3.8) is 0 Å². The van der Waals surface area contributed by atoms with E-state index in [2.05, 4.69) is 0 Å². The summed E-state index contributed by atoms with van der Waals surface area (Å²) in [6, 6.07) is 9.92. The lowest BCUT2D eigenvalue weighted by Gasteiger charge is -2.28. The van der Waals surface area contributed by atoms with Gasteiger partial charge in [0.25, 0.3) is 0 Å². The highest BCUT2D eigenvalue weighted by Crippen LogP contribution is 2.36. The summed E-state index contributed by atoms with van der Waals surface area (Å²) in [4.78, 5) is 15.6. The lowest BCUT2D eigenvalue weighted by Crippen LogP contribution is -2.39. The molecule has 0 bridgehead atoms. The Bertz CT molecular complexity index is 848. The number of nitrogens with two attached hydrogens (primary N) is 1. The summed E-state index contributed by atoms with van der Waals surface area (Å²) in [6.45, 7) is 0.191. The van der Waals surface area contributed by atoms with Gasteiger partial charge in [-0.1, -0.05) is 18.2 Å². The van der Waals surface area contributed by atoms with Gasteiger partial charge >= 0.3 is 6.03 Å². The largest absolute Gasteiger partial charge is 0.399 e. The highest BCUT2D eigenvalue weighted by molar-refractivity contribution is 5.82. The second kappa shape index (κ2) is 6.55. The van der Waals surface area contributed by atoms with Crippen molar-refractivity contribution in [2.75, 3.05) is 26.4 Å². The van der Waals surface area contributed by atoms with Gasteiger partial charge in [-0.25, -0.2) is 13.6 Å². The van der Waals surface area contributed by atoms with E-state index in [-0.39, 0.29) is 18.1 Å². The SMILES string of the molecule is CN(C)C(=O)N1CC(c2cc(F)ccc2F)=CC1c1cccc(N)c1. The number of benzene rings is 2. The van der Waals surface area contributed by atoms with Gasteiger partial charge < -0.3 is 15.5 Å². The molecule has 1 unspecified atom stereocenters. The molecule has 1 aliphatic heterocycles. The number of urea groups is 1. The van der Waals surface area contributed by atoms with E-state index < -0.39 is 17.7 Å².